The van der Waals surface area contributed by atoms with Crippen LogP contribution in [-0.2, 0) is 0 Å². The lowest BCUT2D eigenvalue weighted by molar-refractivity contribution is 0.611. The molecule has 1 atom stereocenters. The number of hydrogen-bond donors (Lipinski definition) is 0. The molecule has 0 radical (unpaired) electrons. The molecule has 1 unspecified atom stereocenters. The minimum absolute atomic E-state index is 0.717. The van der Waals surface area contributed by atoms with Crippen molar-refractivity contribution in [3.8, 4) is 0 Å². The average Bonchev–Trinajstić information content (AvgIpc) is 2.00. The van der Waals surface area contributed by atoms with Gasteiger partial charge in [-0.05, 0) is 38.7 Å². The molecule has 0 heterocycles. The molecule has 0 aliphatic rings. The van der Waals surface area contributed by atoms with Crippen LogP contribution in [0.4, 0.5) is 0 Å². The fraction of sp³-hybridized carbons (Fsp3) is 0.667. The SMILES string of the molecule is C/C=C(\C=C(C)C)C(C)CCC. The standard InChI is InChI=1S/C12H22/c1-6-8-11(5)12(7-2)9-10(3)4/h7,9,11H,6,8H2,1-5H3/b12-7+. The van der Waals surface area contributed by atoms with E-state index in [1.165, 1.54) is 24.0 Å². The van der Waals surface area contributed by atoms with Crippen molar-refractivity contribution in [1.82, 2.24) is 0 Å². The van der Waals surface area contributed by atoms with Gasteiger partial charge in [-0.2, -0.15) is 0 Å². The Labute approximate surface area is 77.4 Å². The second-order valence-corrected chi connectivity index (χ2v) is 3.70. The van der Waals surface area contributed by atoms with Crippen LogP contribution in [0.5, 0.6) is 0 Å². The molecule has 0 aromatic carbocycles. The topological polar surface area (TPSA) is 0 Å². The van der Waals surface area contributed by atoms with Gasteiger partial charge in [0.1, 0.15) is 0 Å². The molecule has 0 saturated carbocycles. The van der Waals surface area contributed by atoms with Crippen LogP contribution in [0.15, 0.2) is 23.3 Å². The highest BCUT2D eigenvalue weighted by atomic mass is 14.1. The molecule has 0 heteroatoms. The molecule has 0 aromatic rings. The van der Waals surface area contributed by atoms with Crippen molar-refractivity contribution in [3.63, 3.8) is 0 Å². The summed E-state index contributed by atoms with van der Waals surface area (Å²) in [5, 5.41) is 0. The maximum atomic E-state index is 2.30. The Hall–Kier alpha value is -0.520. The summed E-state index contributed by atoms with van der Waals surface area (Å²) in [6.45, 7) is 11.0. The molecule has 0 bridgehead atoms. The highest BCUT2D eigenvalue weighted by Crippen LogP contribution is 2.18. The van der Waals surface area contributed by atoms with Gasteiger partial charge in [-0.25, -0.2) is 0 Å². The monoisotopic (exact) mass is 166 g/mol. The number of hydrogen-bond acceptors (Lipinski definition) is 0. The van der Waals surface area contributed by atoms with E-state index < -0.39 is 0 Å². The summed E-state index contributed by atoms with van der Waals surface area (Å²) in [4.78, 5) is 0. The second kappa shape index (κ2) is 6.05. The highest BCUT2D eigenvalue weighted by Gasteiger charge is 2.03. The van der Waals surface area contributed by atoms with E-state index in [-0.39, 0.29) is 0 Å². The van der Waals surface area contributed by atoms with E-state index in [2.05, 4.69) is 46.8 Å². The van der Waals surface area contributed by atoms with Gasteiger partial charge < -0.3 is 0 Å². The van der Waals surface area contributed by atoms with Crippen LogP contribution in [-0.4, -0.2) is 0 Å². The molecule has 12 heavy (non-hydrogen) atoms. The Balaban J connectivity index is 4.27. The molecule has 0 rings (SSSR count). The lowest BCUT2D eigenvalue weighted by Crippen LogP contribution is -1.96. The quantitative estimate of drug-likeness (QED) is 0.545. The number of rotatable bonds is 4. The molecule has 0 spiro atoms. The summed E-state index contributed by atoms with van der Waals surface area (Å²) in [6, 6.07) is 0. The van der Waals surface area contributed by atoms with Crippen molar-refractivity contribution in [3.05, 3.63) is 23.3 Å². The van der Waals surface area contributed by atoms with Crippen molar-refractivity contribution >= 4 is 0 Å². The fourth-order valence-corrected chi connectivity index (χ4v) is 1.44. The van der Waals surface area contributed by atoms with E-state index in [0.717, 1.165) is 5.92 Å². The van der Waals surface area contributed by atoms with E-state index in [0.29, 0.717) is 0 Å². The summed E-state index contributed by atoms with van der Waals surface area (Å²) in [5.41, 5.74) is 2.88. The molecule has 0 fully saturated rings. The molecule has 0 saturated heterocycles. The Morgan fingerprint density at radius 3 is 2.25 bits per heavy atom. The highest BCUT2D eigenvalue weighted by molar-refractivity contribution is 5.23. The van der Waals surface area contributed by atoms with Gasteiger partial charge in [0.25, 0.3) is 0 Å². The van der Waals surface area contributed by atoms with E-state index in [9.17, 15) is 0 Å². The van der Waals surface area contributed by atoms with E-state index in [1.54, 1.807) is 0 Å². The Morgan fingerprint density at radius 2 is 1.92 bits per heavy atom. The van der Waals surface area contributed by atoms with Gasteiger partial charge in [0.15, 0.2) is 0 Å². The first kappa shape index (κ1) is 11.5. The lowest BCUT2D eigenvalue weighted by atomic mass is 9.95. The molecule has 0 amide bonds. The number of allylic oxidation sites excluding steroid dienone is 4. The van der Waals surface area contributed by atoms with E-state index in [4.69, 9.17) is 0 Å². The zero-order valence-corrected chi connectivity index (χ0v) is 9.15. The molecule has 0 aliphatic carbocycles. The Bertz CT molecular complexity index is 168. The smallest absolute Gasteiger partial charge is 0.0194 e. The van der Waals surface area contributed by atoms with Gasteiger partial charge in [0.05, 0.1) is 0 Å². The molecule has 0 N–H and O–H groups in total. The van der Waals surface area contributed by atoms with Crippen LogP contribution in [0.3, 0.4) is 0 Å². The Kier molecular flexibility index (Phi) is 5.79. The third kappa shape index (κ3) is 4.38. The first-order chi connectivity index (χ1) is 5.61. The molecular weight excluding hydrogens is 144 g/mol. The van der Waals surface area contributed by atoms with Crippen LogP contribution < -0.4 is 0 Å². The van der Waals surface area contributed by atoms with Crippen LogP contribution in [0, 0.1) is 5.92 Å². The maximum Gasteiger partial charge on any atom is -0.0194 e. The molecule has 70 valence electrons. The fourth-order valence-electron chi connectivity index (χ4n) is 1.44. The van der Waals surface area contributed by atoms with Gasteiger partial charge >= 0.3 is 0 Å². The Morgan fingerprint density at radius 1 is 1.33 bits per heavy atom. The van der Waals surface area contributed by atoms with Crippen LogP contribution in [0.2, 0.25) is 0 Å². The normalized spacial score (nSPS) is 14.2. The third-order valence-electron chi connectivity index (χ3n) is 2.08. The van der Waals surface area contributed by atoms with Crippen LogP contribution in [0.25, 0.3) is 0 Å². The average molecular weight is 166 g/mol. The van der Waals surface area contributed by atoms with Gasteiger partial charge in [-0.1, -0.05) is 38.0 Å². The maximum absolute atomic E-state index is 2.30. The van der Waals surface area contributed by atoms with Crippen LogP contribution >= 0.6 is 0 Å². The van der Waals surface area contributed by atoms with Crippen molar-refractivity contribution in [1.29, 1.82) is 0 Å². The minimum atomic E-state index is 0.717. The third-order valence-corrected chi connectivity index (χ3v) is 2.08. The summed E-state index contributed by atoms with van der Waals surface area (Å²) in [5.74, 6) is 0.717. The second-order valence-electron chi connectivity index (χ2n) is 3.70. The van der Waals surface area contributed by atoms with Gasteiger partial charge in [0.2, 0.25) is 0 Å². The first-order valence-electron chi connectivity index (χ1n) is 4.92. The van der Waals surface area contributed by atoms with Gasteiger partial charge in [-0.3, -0.25) is 0 Å². The largest absolute Gasteiger partial charge is 0.0842 e. The summed E-state index contributed by atoms with van der Waals surface area (Å²) >= 11 is 0. The molecule has 0 aliphatic heterocycles. The van der Waals surface area contributed by atoms with Crippen molar-refractivity contribution in [2.45, 2.75) is 47.5 Å². The van der Waals surface area contributed by atoms with E-state index in [1.807, 2.05) is 0 Å². The van der Waals surface area contributed by atoms with Gasteiger partial charge in [0, 0.05) is 0 Å². The van der Waals surface area contributed by atoms with Crippen LogP contribution in [0.1, 0.15) is 47.5 Å². The van der Waals surface area contributed by atoms with E-state index >= 15 is 0 Å². The lowest BCUT2D eigenvalue weighted by Gasteiger charge is -2.11. The predicted octanol–water partition coefficient (Wildman–Crippen LogP) is 4.34. The van der Waals surface area contributed by atoms with Crippen molar-refractivity contribution in [2.75, 3.05) is 0 Å². The first-order valence-corrected chi connectivity index (χ1v) is 4.92. The van der Waals surface area contributed by atoms with Gasteiger partial charge in [-0.15, -0.1) is 0 Å². The predicted molar refractivity (Wildman–Crippen MR) is 57.3 cm³/mol. The zero-order valence-electron chi connectivity index (χ0n) is 9.15. The molecular formula is C12H22. The van der Waals surface area contributed by atoms with Crippen molar-refractivity contribution < 1.29 is 0 Å². The zero-order chi connectivity index (χ0) is 9.56. The van der Waals surface area contributed by atoms with Crippen molar-refractivity contribution in [2.24, 2.45) is 5.92 Å². The summed E-state index contributed by atoms with van der Waals surface area (Å²) in [6.07, 6.45) is 7.09. The molecule has 0 nitrogen and oxygen atoms in total. The minimum Gasteiger partial charge on any atom is -0.0842 e. The summed E-state index contributed by atoms with van der Waals surface area (Å²) < 4.78 is 0. The molecule has 0 aromatic heterocycles. The summed E-state index contributed by atoms with van der Waals surface area (Å²) in [7, 11) is 0.